The van der Waals surface area contributed by atoms with Gasteiger partial charge >= 0.3 is 0 Å². The standard InChI is InChI=1S/C31H24O2/c32-30(21-15-24-11-17-28(18-12-24)26-7-3-1-4-8-26)23-31(33)22-16-25-13-19-29(20-14-25)27-9-5-2-6-10-27/h1-23,32H/b21-15+,22-16+,30-23-. The second kappa shape index (κ2) is 10.7. The molecule has 2 heteroatoms. The maximum absolute atomic E-state index is 12.2. The molecule has 0 unspecified atom stereocenters. The van der Waals surface area contributed by atoms with Gasteiger partial charge in [0, 0.05) is 6.08 Å². The molecule has 4 rings (SSSR count). The Morgan fingerprint density at radius 1 is 0.515 bits per heavy atom. The van der Waals surface area contributed by atoms with E-state index in [1.54, 1.807) is 12.2 Å². The first-order chi connectivity index (χ1) is 16.2. The van der Waals surface area contributed by atoms with Gasteiger partial charge in [0.1, 0.15) is 5.76 Å². The molecule has 0 heterocycles. The minimum absolute atomic E-state index is 0.0868. The molecule has 0 aliphatic rings. The van der Waals surface area contributed by atoms with E-state index in [0.29, 0.717) is 0 Å². The summed E-state index contributed by atoms with van der Waals surface area (Å²) in [7, 11) is 0. The second-order valence-electron chi connectivity index (χ2n) is 7.61. The zero-order valence-corrected chi connectivity index (χ0v) is 18.1. The van der Waals surface area contributed by atoms with E-state index in [0.717, 1.165) is 33.4 Å². The lowest BCUT2D eigenvalue weighted by molar-refractivity contribution is -0.110. The third-order valence-corrected chi connectivity index (χ3v) is 5.21. The molecule has 0 spiro atoms. The summed E-state index contributed by atoms with van der Waals surface area (Å²) in [6.07, 6.45) is 7.71. The van der Waals surface area contributed by atoms with Crippen molar-refractivity contribution in [2.45, 2.75) is 0 Å². The lowest BCUT2D eigenvalue weighted by Crippen LogP contribution is -1.88. The van der Waals surface area contributed by atoms with Crippen LogP contribution in [0.5, 0.6) is 0 Å². The molecule has 0 amide bonds. The van der Waals surface area contributed by atoms with Gasteiger partial charge in [-0.05, 0) is 45.5 Å². The zero-order valence-electron chi connectivity index (χ0n) is 18.1. The van der Waals surface area contributed by atoms with Crippen LogP contribution in [0.15, 0.2) is 133 Å². The normalized spacial score (nSPS) is 11.8. The van der Waals surface area contributed by atoms with Crippen LogP contribution >= 0.6 is 0 Å². The number of aliphatic hydroxyl groups is 1. The summed E-state index contributed by atoms with van der Waals surface area (Å²) >= 11 is 0. The average Bonchev–Trinajstić information content (AvgIpc) is 2.88. The predicted molar refractivity (Wildman–Crippen MR) is 138 cm³/mol. The number of aliphatic hydroxyl groups excluding tert-OH is 1. The summed E-state index contributed by atoms with van der Waals surface area (Å²) in [6.45, 7) is 0. The lowest BCUT2D eigenvalue weighted by Gasteiger charge is -2.02. The van der Waals surface area contributed by atoms with Crippen molar-refractivity contribution in [2.75, 3.05) is 0 Å². The Bertz CT molecular complexity index is 1280. The van der Waals surface area contributed by atoms with Gasteiger partial charge < -0.3 is 5.11 Å². The largest absolute Gasteiger partial charge is 0.508 e. The molecule has 0 aromatic heterocycles. The number of rotatable bonds is 7. The fourth-order valence-corrected chi connectivity index (χ4v) is 3.44. The van der Waals surface area contributed by atoms with Crippen LogP contribution in [0.1, 0.15) is 11.1 Å². The molecule has 160 valence electrons. The quantitative estimate of drug-likeness (QED) is 0.185. The van der Waals surface area contributed by atoms with E-state index in [9.17, 15) is 9.90 Å². The topological polar surface area (TPSA) is 37.3 Å². The van der Waals surface area contributed by atoms with Crippen LogP contribution in [0.3, 0.4) is 0 Å². The fraction of sp³-hybridized carbons (Fsp3) is 0. The molecular weight excluding hydrogens is 404 g/mol. The molecule has 1 N–H and O–H groups in total. The summed E-state index contributed by atoms with van der Waals surface area (Å²) in [5.41, 5.74) is 6.42. The van der Waals surface area contributed by atoms with Crippen molar-refractivity contribution in [1.29, 1.82) is 0 Å². The van der Waals surface area contributed by atoms with E-state index in [-0.39, 0.29) is 11.5 Å². The average molecular weight is 429 g/mol. The highest BCUT2D eigenvalue weighted by Gasteiger charge is 1.99. The number of allylic oxidation sites excluding steroid dienone is 3. The molecule has 33 heavy (non-hydrogen) atoms. The van der Waals surface area contributed by atoms with E-state index in [1.165, 1.54) is 18.2 Å². The van der Waals surface area contributed by atoms with Gasteiger partial charge in [0.15, 0.2) is 5.78 Å². The third-order valence-electron chi connectivity index (χ3n) is 5.21. The van der Waals surface area contributed by atoms with E-state index >= 15 is 0 Å². The van der Waals surface area contributed by atoms with E-state index in [2.05, 4.69) is 24.3 Å². The molecule has 0 fully saturated rings. The van der Waals surface area contributed by atoms with Crippen molar-refractivity contribution in [3.63, 3.8) is 0 Å². The summed E-state index contributed by atoms with van der Waals surface area (Å²) in [5, 5.41) is 10.1. The number of hydrogen-bond acceptors (Lipinski definition) is 2. The maximum Gasteiger partial charge on any atom is 0.182 e. The Labute approximate surface area is 194 Å². The minimum Gasteiger partial charge on any atom is -0.508 e. The number of carbonyl (C=O) groups excluding carboxylic acids is 1. The molecule has 0 bridgehead atoms. The van der Waals surface area contributed by atoms with Crippen molar-refractivity contribution in [3.05, 3.63) is 144 Å². The van der Waals surface area contributed by atoms with Crippen LogP contribution in [0.2, 0.25) is 0 Å². The molecule has 2 nitrogen and oxygen atoms in total. The third kappa shape index (κ3) is 6.28. The Morgan fingerprint density at radius 3 is 1.36 bits per heavy atom. The second-order valence-corrected chi connectivity index (χ2v) is 7.61. The monoisotopic (exact) mass is 428 g/mol. The number of carbonyl (C=O) groups is 1. The number of ketones is 1. The van der Waals surface area contributed by atoms with Gasteiger partial charge in [0.05, 0.1) is 0 Å². The minimum atomic E-state index is -0.274. The molecule has 0 saturated heterocycles. The van der Waals surface area contributed by atoms with E-state index in [1.807, 2.05) is 84.9 Å². The van der Waals surface area contributed by atoms with Gasteiger partial charge in [0.25, 0.3) is 0 Å². The van der Waals surface area contributed by atoms with Crippen LogP contribution in [-0.2, 0) is 4.79 Å². The Morgan fingerprint density at radius 2 is 0.909 bits per heavy atom. The SMILES string of the molecule is O=C(/C=C(O)/C=C/c1ccc(-c2ccccc2)cc1)/C=C/c1ccc(-c2ccccc2)cc1. The van der Waals surface area contributed by atoms with Gasteiger partial charge in [-0.25, -0.2) is 0 Å². The first-order valence-corrected chi connectivity index (χ1v) is 10.8. The summed E-state index contributed by atoms with van der Waals surface area (Å²) in [4.78, 5) is 12.2. The Balaban J connectivity index is 1.35. The van der Waals surface area contributed by atoms with Gasteiger partial charge in [-0.15, -0.1) is 0 Å². The van der Waals surface area contributed by atoms with Crippen LogP contribution in [0.25, 0.3) is 34.4 Å². The van der Waals surface area contributed by atoms with E-state index in [4.69, 9.17) is 0 Å². The Hall–Kier alpha value is -4.43. The van der Waals surface area contributed by atoms with Gasteiger partial charge in [0.2, 0.25) is 0 Å². The first-order valence-electron chi connectivity index (χ1n) is 10.8. The predicted octanol–water partition coefficient (Wildman–Crippen LogP) is 7.76. The van der Waals surface area contributed by atoms with Gasteiger partial charge in [-0.3, -0.25) is 4.79 Å². The summed E-state index contributed by atoms with van der Waals surface area (Å²) in [5.74, 6) is -0.361. The molecule has 0 saturated carbocycles. The molecule has 0 atom stereocenters. The van der Waals surface area contributed by atoms with E-state index < -0.39 is 0 Å². The molecule has 0 radical (unpaired) electrons. The Kier molecular flexibility index (Phi) is 7.09. The highest BCUT2D eigenvalue weighted by molar-refractivity contribution is 6.02. The summed E-state index contributed by atoms with van der Waals surface area (Å²) < 4.78 is 0. The van der Waals surface area contributed by atoms with Gasteiger partial charge in [-0.2, -0.15) is 0 Å². The van der Waals surface area contributed by atoms with Crippen LogP contribution in [-0.4, -0.2) is 10.9 Å². The van der Waals surface area contributed by atoms with Crippen LogP contribution < -0.4 is 0 Å². The van der Waals surface area contributed by atoms with Crippen molar-refractivity contribution in [2.24, 2.45) is 0 Å². The summed E-state index contributed by atoms with van der Waals surface area (Å²) in [6, 6.07) is 36.3. The molecular formula is C31H24O2. The molecule has 4 aromatic carbocycles. The smallest absolute Gasteiger partial charge is 0.182 e. The van der Waals surface area contributed by atoms with Crippen molar-refractivity contribution < 1.29 is 9.90 Å². The van der Waals surface area contributed by atoms with Crippen molar-refractivity contribution >= 4 is 17.9 Å². The zero-order chi connectivity index (χ0) is 22.9. The van der Waals surface area contributed by atoms with Crippen LogP contribution in [0, 0.1) is 0 Å². The highest BCUT2D eigenvalue weighted by Crippen LogP contribution is 2.21. The van der Waals surface area contributed by atoms with Crippen molar-refractivity contribution in [1.82, 2.24) is 0 Å². The number of hydrogen-bond donors (Lipinski definition) is 1. The fourth-order valence-electron chi connectivity index (χ4n) is 3.44. The van der Waals surface area contributed by atoms with Gasteiger partial charge in [-0.1, -0.05) is 121 Å². The number of benzene rings is 4. The highest BCUT2D eigenvalue weighted by atomic mass is 16.3. The van der Waals surface area contributed by atoms with Crippen molar-refractivity contribution in [3.8, 4) is 22.3 Å². The molecule has 0 aliphatic heterocycles. The first kappa shape index (κ1) is 21.8. The molecule has 4 aromatic rings. The molecule has 0 aliphatic carbocycles. The van der Waals surface area contributed by atoms with Crippen LogP contribution in [0.4, 0.5) is 0 Å². The lowest BCUT2D eigenvalue weighted by atomic mass is 10.0. The maximum atomic E-state index is 12.2.